The van der Waals surface area contributed by atoms with Gasteiger partial charge >= 0.3 is 0 Å². The minimum atomic E-state index is 0.0744. The zero-order chi connectivity index (χ0) is 13.1. The smallest absolute Gasteiger partial charge is 0.143 e. The highest BCUT2D eigenvalue weighted by Gasteiger charge is 2.02. The molecule has 0 aliphatic heterocycles. The number of aromatic hydroxyl groups is 2. The van der Waals surface area contributed by atoms with Gasteiger partial charge in [-0.3, -0.25) is 0 Å². The molecule has 2 N–H and O–H groups in total. The van der Waals surface area contributed by atoms with Crippen molar-refractivity contribution in [2.24, 2.45) is 10.2 Å². The average molecular weight is 242 g/mol. The molecule has 2 rings (SSSR count). The summed E-state index contributed by atoms with van der Waals surface area (Å²) in [5.74, 6) is 0.149. The number of aryl methyl sites for hydroxylation is 2. The molecule has 4 nitrogen and oxygen atoms in total. The Morgan fingerprint density at radius 3 is 1.44 bits per heavy atom. The maximum Gasteiger partial charge on any atom is 0.143 e. The first kappa shape index (κ1) is 12.1. The van der Waals surface area contributed by atoms with Gasteiger partial charge in [0.1, 0.15) is 22.9 Å². The lowest BCUT2D eigenvalue weighted by atomic mass is 10.2. The van der Waals surface area contributed by atoms with Gasteiger partial charge in [-0.15, -0.1) is 10.2 Å². The Morgan fingerprint density at radius 1 is 0.722 bits per heavy atom. The maximum atomic E-state index is 9.67. The monoisotopic (exact) mass is 242 g/mol. The number of rotatable bonds is 2. The molecule has 0 bridgehead atoms. The number of azo groups is 1. The van der Waals surface area contributed by atoms with E-state index in [0.717, 1.165) is 11.1 Å². The Balaban J connectivity index is 2.30. The van der Waals surface area contributed by atoms with E-state index in [9.17, 15) is 10.2 Å². The predicted octanol–water partition coefficient (Wildman–Crippen LogP) is 4.13. The first-order valence-corrected chi connectivity index (χ1v) is 5.57. The second-order valence-electron chi connectivity index (χ2n) is 4.18. The van der Waals surface area contributed by atoms with Crippen molar-refractivity contribution in [3.63, 3.8) is 0 Å². The van der Waals surface area contributed by atoms with E-state index in [2.05, 4.69) is 10.2 Å². The van der Waals surface area contributed by atoms with E-state index in [-0.39, 0.29) is 11.5 Å². The molecule has 0 aromatic heterocycles. The normalized spacial score (nSPS) is 11.0. The summed E-state index contributed by atoms with van der Waals surface area (Å²) in [6.07, 6.45) is 0. The van der Waals surface area contributed by atoms with Gasteiger partial charge in [0.25, 0.3) is 0 Å². The summed E-state index contributed by atoms with van der Waals surface area (Å²) < 4.78 is 0. The van der Waals surface area contributed by atoms with Gasteiger partial charge in [-0.05, 0) is 49.2 Å². The van der Waals surface area contributed by atoms with Crippen molar-refractivity contribution in [2.45, 2.75) is 13.8 Å². The van der Waals surface area contributed by atoms with Gasteiger partial charge in [-0.25, -0.2) is 0 Å². The Hall–Kier alpha value is -2.36. The van der Waals surface area contributed by atoms with Gasteiger partial charge in [0, 0.05) is 0 Å². The minimum Gasteiger partial charge on any atom is -0.506 e. The molecule has 0 aliphatic carbocycles. The molecule has 0 spiro atoms. The van der Waals surface area contributed by atoms with Gasteiger partial charge in [-0.2, -0.15) is 0 Å². The maximum absolute atomic E-state index is 9.67. The van der Waals surface area contributed by atoms with Crippen molar-refractivity contribution in [2.75, 3.05) is 0 Å². The molecule has 4 heteroatoms. The van der Waals surface area contributed by atoms with Crippen LogP contribution in [0.2, 0.25) is 0 Å². The van der Waals surface area contributed by atoms with Crippen molar-refractivity contribution in [3.8, 4) is 11.5 Å². The number of benzene rings is 2. The molecule has 2 aromatic rings. The van der Waals surface area contributed by atoms with Crippen molar-refractivity contribution < 1.29 is 10.2 Å². The van der Waals surface area contributed by atoms with Crippen LogP contribution in [0.25, 0.3) is 0 Å². The Kier molecular flexibility index (Phi) is 3.28. The fourth-order valence-corrected chi connectivity index (χ4v) is 1.54. The second kappa shape index (κ2) is 4.87. The summed E-state index contributed by atoms with van der Waals surface area (Å²) in [4.78, 5) is 0. The first-order chi connectivity index (χ1) is 8.56. The Morgan fingerprint density at radius 2 is 1.11 bits per heavy atom. The summed E-state index contributed by atoms with van der Waals surface area (Å²) in [5, 5.41) is 27.2. The molecule has 0 aliphatic rings. The molecule has 0 saturated heterocycles. The minimum absolute atomic E-state index is 0.0744. The van der Waals surface area contributed by atoms with E-state index < -0.39 is 0 Å². The lowest BCUT2D eigenvalue weighted by molar-refractivity contribution is 0.473. The van der Waals surface area contributed by atoms with Gasteiger partial charge in [0.05, 0.1) is 0 Å². The van der Waals surface area contributed by atoms with Crippen LogP contribution < -0.4 is 0 Å². The van der Waals surface area contributed by atoms with Gasteiger partial charge in [-0.1, -0.05) is 12.1 Å². The van der Waals surface area contributed by atoms with Crippen LogP contribution in [0.15, 0.2) is 46.6 Å². The summed E-state index contributed by atoms with van der Waals surface area (Å²) >= 11 is 0. The molecule has 0 fully saturated rings. The third kappa shape index (κ3) is 2.66. The number of nitrogens with zero attached hydrogens (tertiary/aromatic N) is 2. The fraction of sp³-hybridized carbons (Fsp3) is 0.143. The third-order valence-corrected chi connectivity index (χ3v) is 2.53. The SMILES string of the molecule is Cc1ccc(/N=N/c2ccc(C)cc2O)c(O)c1. The van der Waals surface area contributed by atoms with E-state index in [1.54, 1.807) is 24.3 Å². The first-order valence-electron chi connectivity index (χ1n) is 5.57. The van der Waals surface area contributed by atoms with Crippen LogP contribution in [0.3, 0.4) is 0 Å². The van der Waals surface area contributed by atoms with E-state index in [0.29, 0.717) is 11.4 Å². The van der Waals surface area contributed by atoms with E-state index >= 15 is 0 Å². The second-order valence-corrected chi connectivity index (χ2v) is 4.18. The summed E-state index contributed by atoms with van der Waals surface area (Å²) in [6, 6.07) is 10.3. The fourth-order valence-electron chi connectivity index (χ4n) is 1.54. The van der Waals surface area contributed by atoms with E-state index in [4.69, 9.17) is 0 Å². The molecule has 18 heavy (non-hydrogen) atoms. The number of phenols is 2. The molecule has 0 amide bonds. The number of hydrogen-bond acceptors (Lipinski definition) is 4. The molecular weight excluding hydrogens is 228 g/mol. The highest BCUT2D eigenvalue weighted by Crippen LogP contribution is 2.32. The zero-order valence-corrected chi connectivity index (χ0v) is 10.3. The molecule has 0 atom stereocenters. The number of phenolic OH excluding ortho intramolecular Hbond substituents is 2. The molecule has 0 heterocycles. The topological polar surface area (TPSA) is 65.2 Å². The zero-order valence-electron chi connectivity index (χ0n) is 10.3. The van der Waals surface area contributed by atoms with Crippen LogP contribution in [0.5, 0.6) is 11.5 Å². The number of hydrogen-bond donors (Lipinski definition) is 2. The molecule has 0 radical (unpaired) electrons. The summed E-state index contributed by atoms with van der Waals surface area (Å²) in [7, 11) is 0. The van der Waals surface area contributed by atoms with Gasteiger partial charge < -0.3 is 10.2 Å². The van der Waals surface area contributed by atoms with Crippen molar-refractivity contribution in [1.29, 1.82) is 0 Å². The predicted molar refractivity (Wildman–Crippen MR) is 69.9 cm³/mol. The Labute approximate surface area is 105 Å². The van der Waals surface area contributed by atoms with E-state index in [1.807, 2.05) is 26.0 Å². The molecule has 0 unspecified atom stereocenters. The summed E-state index contributed by atoms with van der Waals surface area (Å²) in [5.41, 5.74) is 2.65. The van der Waals surface area contributed by atoms with Crippen molar-refractivity contribution in [3.05, 3.63) is 47.5 Å². The molecule has 92 valence electrons. The van der Waals surface area contributed by atoms with Gasteiger partial charge in [0.15, 0.2) is 0 Å². The largest absolute Gasteiger partial charge is 0.506 e. The highest BCUT2D eigenvalue weighted by atomic mass is 16.3. The van der Waals surface area contributed by atoms with Crippen LogP contribution in [-0.2, 0) is 0 Å². The Bertz CT molecular complexity index is 553. The van der Waals surface area contributed by atoms with Crippen molar-refractivity contribution in [1.82, 2.24) is 0 Å². The van der Waals surface area contributed by atoms with Crippen LogP contribution >= 0.6 is 0 Å². The third-order valence-electron chi connectivity index (χ3n) is 2.53. The van der Waals surface area contributed by atoms with Crippen molar-refractivity contribution >= 4 is 11.4 Å². The standard InChI is InChI=1S/C14H14N2O2/c1-9-3-5-11(13(17)7-9)15-16-12-6-4-10(2)8-14(12)18/h3-8,17-18H,1-2H3/b16-15+. The molecular formula is C14H14N2O2. The van der Waals surface area contributed by atoms with E-state index in [1.165, 1.54) is 0 Å². The quantitative estimate of drug-likeness (QED) is 0.777. The van der Waals surface area contributed by atoms with Crippen LogP contribution in [0, 0.1) is 13.8 Å². The van der Waals surface area contributed by atoms with Crippen LogP contribution in [0.1, 0.15) is 11.1 Å². The van der Waals surface area contributed by atoms with Gasteiger partial charge in [0.2, 0.25) is 0 Å². The van der Waals surface area contributed by atoms with Crippen LogP contribution in [-0.4, -0.2) is 10.2 Å². The highest BCUT2D eigenvalue weighted by molar-refractivity contribution is 5.55. The summed E-state index contributed by atoms with van der Waals surface area (Å²) in [6.45, 7) is 3.76. The molecule has 0 saturated carbocycles. The van der Waals surface area contributed by atoms with Crippen LogP contribution in [0.4, 0.5) is 11.4 Å². The molecule has 2 aromatic carbocycles. The lowest BCUT2D eigenvalue weighted by Crippen LogP contribution is -1.73. The lowest BCUT2D eigenvalue weighted by Gasteiger charge is -2.00. The average Bonchev–Trinajstić information content (AvgIpc) is 2.30.